The van der Waals surface area contributed by atoms with Gasteiger partial charge in [0.15, 0.2) is 0 Å². The van der Waals surface area contributed by atoms with Crippen LogP contribution in [0.5, 0.6) is 0 Å². The number of hydrogen-bond acceptors (Lipinski definition) is 1. The van der Waals surface area contributed by atoms with Crippen LogP contribution in [0.25, 0.3) is 0 Å². The van der Waals surface area contributed by atoms with Crippen LogP contribution in [0, 0.1) is 6.92 Å². The first kappa shape index (κ1) is 6.12. The highest BCUT2D eigenvalue weighted by Gasteiger charge is 1.90. The zero-order valence-electron chi connectivity index (χ0n) is 4.36. The van der Waals surface area contributed by atoms with Crippen molar-refractivity contribution in [3.05, 3.63) is 28.8 Å². The molecule has 1 heterocycles. The average molecular weight is 146 g/mol. The third kappa shape index (κ3) is 1.23. The fraction of sp³-hybridized carbons (Fsp3) is 0.167. The van der Waals surface area contributed by atoms with Gasteiger partial charge in [-0.15, -0.1) is 22.9 Å². The Hall–Kier alpha value is -0.0100. The third-order valence-corrected chi connectivity index (χ3v) is 2.01. The Bertz CT molecular complexity index is 169. The maximum Gasteiger partial charge on any atom is 0.0482 e. The van der Waals surface area contributed by atoms with Crippen LogP contribution in [-0.2, 0) is 5.88 Å². The summed E-state index contributed by atoms with van der Waals surface area (Å²) >= 11 is 7.15. The van der Waals surface area contributed by atoms with E-state index in [0.29, 0.717) is 5.88 Å². The lowest BCUT2D eigenvalue weighted by atomic mass is 10.3. The highest BCUT2D eigenvalue weighted by molar-refractivity contribution is 7.10. The second-order valence-electron chi connectivity index (χ2n) is 1.55. The van der Waals surface area contributed by atoms with Gasteiger partial charge in [0.2, 0.25) is 0 Å². The molecule has 8 heavy (non-hydrogen) atoms. The maximum absolute atomic E-state index is 5.52. The smallest absolute Gasteiger partial charge is 0.0482 e. The van der Waals surface area contributed by atoms with Crippen molar-refractivity contribution in [2.24, 2.45) is 0 Å². The highest BCUT2D eigenvalue weighted by Crippen LogP contribution is 2.14. The molecule has 0 aromatic carbocycles. The van der Waals surface area contributed by atoms with E-state index in [-0.39, 0.29) is 0 Å². The average Bonchev–Trinajstić information content (AvgIpc) is 2.14. The second-order valence-corrected chi connectivity index (χ2v) is 2.82. The van der Waals surface area contributed by atoms with E-state index in [4.69, 9.17) is 11.6 Å². The lowest BCUT2D eigenvalue weighted by Gasteiger charge is -1.78. The summed E-state index contributed by atoms with van der Waals surface area (Å²) in [6.45, 7) is 3.75. The summed E-state index contributed by atoms with van der Waals surface area (Å²) in [5.41, 5.74) is 1.17. The quantitative estimate of drug-likeness (QED) is 0.533. The topological polar surface area (TPSA) is 0 Å². The van der Waals surface area contributed by atoms with Crippen molar-refractivity contribution in [1.82, 2.24) is 0 Å². The van der Waals surface area contributed by atoms with Gasteiger partial charge in [0.05, 0.1) is 0 Å². The van der Waals surface area contributed by atoms with Crippen LogP contribution >= 0.6 is 22.9 Å². The molecule has 1 aromatic heterocycles. The molecular weight excluding hydrogens is 140 g/mol. The van der Waals surface area contributed by atoms with E-state index < -0.39 is 0 Å². The molecule has 0 saturated heterocycles. The van der Waals surface area contributed by atoms with Crippen LogP contribution in [-0.4, -0.2) is 0 Å². The maximum atomic E-state index is 5.52. The molecular formula is C6H6ClS. The van der Waals surface area contributed by atoms with E-state index in [1.54, 1.807) is 11.3 Å². The Morgan fingerprint density at radius 3 is 2.75 bits per heavy atom. The van der Waals surface area contributed by atoms with E-state index in [1.807, 2.05) is 11.4 Å². The summed E-state index contributed by atoms with van der Waals surface area (Å²) < 4.78 is 0. The molecule has 0 N–H and O–H groups in total. The first-order valence-electron chi connectivity index (χ1n) is 2.28. The number of rotatable bonds is 1. The summed E-state index contributed by atoms with van der Waals surface area (Å²) in [6, 6.07) is 2.00. The van der Waals surface area contributed by atoms with E-state index in [2.05, 4.69) is 6.92 Å². The largest absolute Gasteiger partial charge is 0.149 e. The van der Waals surface area contributed by atoms with Gasteiger partial charge in [-0.05, 0) is 23.9 Å². The fourth-order valence-electron chi connectivity index (χ4n) is 0.496. The van der Waals surface area contributed by atoms with E-state index >= 15 is 0 Å². The molecule has 0 amide bonds. The molecule has 0 aliphatic carbocycles. The van der Waals surface area contributed by atoms with E-state index in [0.717, 1.165) is 4.88 Å². The van der Waals surface area contributed by atoms with Gasteiger partial charge in [0.25, 0.3) is 0 Å². The molecule has 0 atom stereocenters. The van der Waals surface area contributed by atoms with E-state index in [9.17, 15) is 0 Å². The van der Waals surface area contributed by atoms with Crippen molar-refractivity contribution in [3.8, 4) is 0 Å². The van der Waals surface area contributed by atoms with Crippen LogP contribution < -0.4 is 0 Å². The van der Waals surface area contributed by atoms with Crippen LogP contribution in [0.3, 0.4) is 0 Å². The van der Waals surface area contributed by atoms with Gasteiger partial charge in [-0.2, -0.15) is 0 Å². The minimum absolute atomic E-state index is 0.603. The number of alkyl halides is 1. The first-order valence-corrected chi connectivity index (χ1v) is 3.69. The van der Waals surface area contributed by atoms with Gasteiger partial charge in [-0.25, -0.2) is 0 Å². The zero-order valence-corrected chi connectivity index (χ0v) is 5.93. The highest BCUT2D eigenvalue weighted by atomic mass is 35.5. The molecule has 0 aliphatic heterocycles. The van der Waals surface area contributed by atoms with Crippen LogP contribution in [0.2, 0.25) is 0 Å². The molecule has 0 nitrogen and oxygen atoms in total. The number of hydrogen-bond donors (Lipinski definition) is 0. The number of thiophene rings is 1. The predicted octanol–water partition coefficient (Wildman–Crippen LogP) is 2.67. The molecule has 2 heteroatoms. The van der Waals surface area contributed by atoms with Crippen LogP contribution in [0.4, 0.5) is 0 Å². The summed E-state index contributed by atoms with van der Waals surface area (Å²) in [4.78, 5) is 1.08. The molecule has 1 rings (SSSR count). The summed E-state index contributed by atoms with van der Waals surface area (Å²) in [5.74, 6) is 0.603. The van der Waals surface area contributed by atoms with E-state index in [1.165, 1.54) is 5.56 Å². The van der Waals surface area contributed by atoms with Gasteiger partial charge in [0.1, 0.15) is 0 Å². The third-order valence-electron chi connectivity index (χ3n) is 0.862. The van der Waals surface area contributed by atoms with Crippen molar-refractivity contribution in [2.45, 2.75) is 5.88 Å². The Balaban J connectivity index is 2.84. The summed E-state index contributed by atoms with van der Waals surface area (Å²) in [5, 5.41) is 2.02. The Labute approximate surface area is 58.1 Å². The molecule has 1 aromatic rings. The molecule has 0 bridgehead atoms. The molecule has 0 saturated carbocycles. The fourth-order valence-corrected chi connectivity index (χ4v) is 1.42. The predicted molar refractivity (Wildman–Crippen MR) is 38.3 cm³/mol. The molecule has 0 aliphatic rings. The van der Waals surface area contributed by atoms with Crippen molar-refractivity contribution in [2.75, 3.05) is 0 Å². The summed E-state index contributed by atoms with van der Waals surface area (Å²) in [7, 11) is 0. The number of halogens is 1. The molecule has 43 valence electrons. The molecule has 1 radical (unpaired) electrons. The van der Waals surface area contributed by atoms with Gasteiger partial charge < -0.3 is 0 Å². The lowest BCUT2D eigenvalue weighted by Crippen LogP contribution is -1.64. The normalized spacial score (nSPS) is 9.75. The zero-order chi connectivity index (χ0) is 5.98. The SMILES string of the molecule is [CH2]c1cc(CCl)cs1. The van der Waals surface area contributed by atoms with Gasteiger partial charge in [-0.1, -0.05) is 0 Å². The van der Waals surface area contributed by atoms with Crippen molar-refractivity contribution in [1.29, 1.82) is 0 Å². The van der Waals surface area contributed by atoms with Crippen molar-refractivity contribution < 1.29 is 0 Å². The molecule has 0 fully saturated rings. The minimum atomic E-state index is 0.603. The lowest BCUT2D eigenvalue weighted by molar-refractivity contribution is 1.46. The van der Waals surface area contributed by atoms with Crippen molar-refractivity contribution >= 4 is 22.9 Å². The summed E-state index contributed by atoms with van der Waals surface area (Å²) in [6.07, 6.45) is 0. The monoisotopic (exact) mass is 145 g/mol. The Kier molecular flexibility index (Phi) is 1.92. The Morgan fingerprint density at radius 2 is 2.50 bits per heavy atom. The van der Waals surface area contributed by atoms with Crippen LogP contribution in [0.1, 0.15) is 10.4 Å². The van der Waals surface area contributed by atoms with Crippen molar-refractivity contribution in [3.63, 3.8) is 0 Å². The molecule has 0 spiro atoms. The van der Waals surface area contributed by atoms with Gasteiger partial charge >= 0.3 is 0 Å². The Morgan fingerprint density at radius 1 is 1.75 bits per heavy atom. The minimum Gasteiger partial charge on any atom is -0.149 e. The van der Waals surface area contributed by atoms with Gasteiger partial charge in [0, 0.05) is 10.8 Å². The van der Waals surface area contributed by atoms with Gasteiger partial charge in [-0.3, -0.25) is 0 Å². The standard InChI is InChI=1S/C6H6ClS/c1-5-2-6(3-7)4-8-5/h2,4H,1,3H2. The first-order chi connectivity index (χ1) is 3.83. The second kappa shape index (κ2) is 2.51. The van der Waals surface area contributed by atoms with Crippen LogP contribution in [0.15, 0.2) is 11.4 Å². The molecule has 0 unspecified atom stereocenters.